The molecule has 0 spiro atoms. The van der Waals surface area contributed by atoms with Gasteiger partial charge in [0.15, 0.2) is 5.76 Å². The first-order chi connectivity index (χ1) is 8.15. The second-order valence-electron chi connectivity index (χ2n) is 3.63. The van der Waals surface area contributed by atoms with E-state index >= 15 is 0 Å². The van der Waals surface area contributed by atoms with Gasteiger partial charge in [-0.15, -0.1) is 0 Å². The zero-order chi connectivity index (χ0) is 12.3. The molecule has 88 valence electrons. The average molecular weight is 342 g/mol. The number of amides is 1. The normalized spacial score (nSPS) is 10.2. The van der Waals surface area contributed by atoms with E-state index in [4.69, 9.17) is 4.52 Å². The molecular formula is C12H11IN2O2. The number of hydrogen-bond acceptors (Lipinski definition) is 3. The first-order valence-corrected chi connectivity index (χ1v) is 6.19. The molecule has 5 heteroatoms. The van der Waals surface area contributed by atoms with E-state index in [1.807, 2.05) is 25.1 Å². The van der Waals surface area contributed by atoms with Gasteiger partial charge in [-0.3, -0.25) is 4.79 Å². The molecule has 0 aliphatic heterocycles. The first kappa shape index (κ1) is 12.1. The molecule has 0 radical (unpaired) electrons. The molecule has 1 heterocycles. The van der Waals surface area contributed by atoms with E-state index in [-0.39, 0.29) is 5.91 Å². The summed E-state index contributed by atoms with van der Waals surface area (Å²) in [6, 6.07) is 9.21. The molecule has 1 aromatic heterocycles. The Morgan fingerprint density at radius 3 is 2.94 bits per heavy atom. The Kier molecular flexibility index (Phi) is 3.78. The summed E-state index contributed by atoms with van der Waals surface area (Å²) < 4.78 is 6.04. The van der Waals surface area contributed by atoms with E-state index in [0.29, 0.717) is 17.9 Å². The van der Waals surface area contributed by atoms with Crippen molar-refractivity contribution in [2.45, 2.75) is 13.5 Å². The van der Waals surface area contributed by atoms with E-state index in [0.717, 1.165) is 9.26 Å². The number of aryl methyl sites for hydroxylation is 1. The minimum atomic E-state index is -0.113. The Hall–Kier alpha value is -1.37. The molecule has 0 atom stereocenters. The van der Waals surface area contributed by atoms with Gasteiger partial charge in [0, 0.05) is 15.2 Å². The molecule has 4 nitrogen and oxygen atoms in total. The Balaban J connectivity index is 1.98. The van der Waals surface area contributed by atoms with Crippen molar-refractivity contribution in [3.8, 4) is 0 Å². The summed E-state index contributed by atoms with van der Waals surface area (Å²) in [6.45, 7) is 2.19. The highest BCUT2D eigenvalue weighted by molar-refractivity contribution is 14.1. The topological polar surface area (TPSA) is 55.1 Å². The fourth-order valence-electron chi connectivity index (χ4n) is 1.40. The van der Waals surface area contributed by atoms with Crippen LogP contribution in [0.25, 0.3) is 0 Å². The molecule has 0 fully saturated rings. The summed E-state index contributed by atoms with van der Waals surface area (Å²) in [6.07, 6.45) is 0. The summed E-state index contributed by atoms with van der Waals surface area (Å²) in [5.41, 5.74) is 1.46. The van der Waals surface area contributed by atoms with Gasteiger partial charge in [0.2, 0.25) is 0 Å². The standard InChI is InChI=1S/C12H11IN2O2/c1-8-5-11(17-15-8)7-14-12(16)9-3-2-4-10(13)6-9/h2-6H,7H2,1H3,(H,14,16). The molecule has 0 saturated carbocycles. The van der Waals surface area contributed by atoms with Crippen LogP contribution in [0, 0.1) is 10.5 Å². The summed E-state index contributed by atoms with van der Waals surface area (Å²) in [5, 5.41) is 6.53. The van der Waals surface area contributed by atoms with E-state index in [9.17, 15) is 4.79 Å². The second-order valence-corrected chi connectivity index (χ2v) is 4.87. The average Bonchev–Trinajstić information content (AvgIpc) is 2.72. The third-order valence-corrected chi connectivity index (χ3v) is 2.86. The fourth-order valence-corrected chi connectivity index (χ4v) is 1.94. The van der Waals surface area contributed by atoms with Gasteiger partial charge in [0.1, 0.15) is 0 Å². The highest BCUT2D eigenvalue weighted by atomic mass is 127. The molecular weight excluding hydrogens is 331 g/mol. The fraction of sp³-hybridized carbons (Fsp3) is 0.167. The van der Waals surface area contributed by atoms with Crippen molar-refractivity contribution in [2.75, 3.05) is 0 Å². The number of nitrogens with zero attached hydrogens (tertiary/aromatic N) is 1. The molecule has 2 rings (SSSR count). The third-order valence-electron chi connectivity index (χ3n) is 2.19. The molecule has 1 N–H and O–H groups in total. The Morgan fingerprint density at radius 1 is 1.47 bits per heavy atom. The van der Waals surface area contributed by atoms with Crippen LogP contribution in [0.3, 0.4) is 0 Å². The van der Waals surface area contributed by atoms with Crippen molar-refractivity contribution < 1.29 is 9.32 Å². The van der Waals surface area contributed by atoms with Crippen molar-refractivity contribution in [3.63, 3.8) is 0 Å². The predicted molar refractivity (Wildman–Crippen MR) is 71.6 cm³/mol. The lowest BCUT2D eigenvalue weighted by atomic mass is 10.2. The minimum Gasteiger partial charge on any atom is -0.359 e. The predicted octanol–water partition coefficient (Wildman–Crippen LogP) is 2.52. The van der Waals surface area contributed by atoms with Crippen LogP contribution in [-0.2, 0) is 6.54 Å². The number of rotatable bonds is 3. The maximum Gasteiger partial charge on any atom is 0.251 e. The monoisotopic (exact) mass is 342 g/mol. The van der Waals surface area contributed by atoms with E-state index < -0.39 is 0 Å². The van der Waals surface area contributed by atoms with Crippen LogP contribution in [-0.4, -0.2) is 11.1 Å². The lowest BCUT2D eigenvalue weighted by Gasteiger charge is -2.02. The zero-order valence-corrected chi connectivity index (χ0v) is 11.4. The summed E-state index contributed by atoms with van der Waals surface area (Å²) in [4.78, 5) is 11.8. The van der Waals surface area contributed by atoms with Crippen LogP contribution in [0.2, 0.25) is 0 Å². The molecule has 0 saturated heterocycles. The molecule has 0 unspecified atom stereocenters. The van der Waals surface area contributed by atoms with Gasteiger partial charge in [0.25, 0.3) is 5.91 Å². The van der Waals surface area contributed by atoms with Gasteiger partial charge in [-0.2, -0.15) is 0 Å². The van der Waals surface area contributed by atoms with Crippen LogP contribution >= 0.6 is 22.6 Å². The summed E-state index contributed by atoms with van der Waals surface area (Å²) in [7, 11) is 0. The Morgan fingerprint density at radius 2 is 2.29 bits per heavy atom. The molecule has 0 aliphatic rings. The highest BCUT2D eigenvalue weighted by Gasteiger charge is 2.07. The van der Waals surface area contributed by atoms with Crippen LogP contribution in [0.5, 0.6) is 0 Å². The Labute approximate surface area is 113 Å². The van der Waals surface area contributed by atoms with E-state index in [1.54, 1.807) is 12.1 Å². The minimum absolute atomic E-state index is 0.113. The smallest absolute Gasteiger partial charge is 0.251 e. The number of benzene rings is 1. The van der Waals surface area contributed by atoms with E-state index in [2.05, 4.69) is 33.1 Å². The Bertz CT molecular complexity index is 537. The number of aromatic nitrogens is 1. The van der Waals surface area contributed by atoms with Crippen molar-refractivity contribution >= 4 is 28.5 Å². The second kappa shape index (κ2) is 5.31. The van der Waals surface area contributed by atoms with Gasteiger partial charge < -0.3 is 9.84 Å². The SMILES string of the molecule is Cc1cc(CNC(=O)c2cccc(I)c2)on1. The molecule has 1 amide bonds. The molecule has 0 aliphatic carbocycles. The molecule has 1 aromatic carbocycles. The third kappa shape index (κ3) is 3.29. The number of carbonyl (C=O) groups is 1. The molecule has 2 aromatic rings. The number of hydrogen-bond donors (Lipinski definition) is 1. The zero-order valence-electron chi connectivity index (χ0n) is 9.24. The first-order valence-electron chi connectivity index (χ1n) is 5.11. The summed E-state index contributed by atoms with van der Waals surface area (Å²) in [5.74, 6) is 0.541. The number of halogens is 1. The van der Waals surface area contributed by atoms with Crippen molar-refractivity contribution in [1.29, 1.82) is 0 Å². The van der Waals surface area contributed by atoms with Crippen molar-refractivity contribution in [3.05, 3.63) is 50.9 Å². The molecule has 17 heavy (non-hydrogen) atoms. The van der Waals surface area contributed by atoms with Crippen LogP contribution in [0.15, 0.2) is 34.9 Å². The maximum atomic E-state index is 11.8. The van der Waals surface area contributed by atoms with Gasteiger partial charge in [0.05, 0.1) is 12.2 Å². The highest BCUT2D eigenvalue weighted by Crippen LogP contribution is 2.08. The van der Waals surface area contributed by atoms with E-state index in [1.165, 1.54) is 0 Å². The van der Waals surface area contributed by atoms with Crippen LogP contribution in [0.1, 0.15) is 21.8 Å². The van der Waals surface area contributed by atoms with Crippen molar-refractivity contribution in [2.24, 2.45) is 0 Å². The quantitative estimate of drug-likeness (QED) is 0.872. The molecule has 0 bridgehead atoms. The van der Waals surface area contributed by atoms with Crippen LogP contribution < -0.4 is 5.32 Å². The number of carbonyl (C=O) groups excluding carboxylic acids is 1. The maximum absolute atomic E-state index is 11.8. The lowest BCUT2D eigenvalue weighted by Crippen LogP contribution is -2.22. The summed E-state index contributed by atoms with van der Waals surface area (Å²) >= 11 is 2.17. The van der Waals surface area contributed by atoms with Gasteiger partial charge in [-0.25, -0.2) is 0 Å². The largest absolute Gasteiger partial charge is 0.359 e. The van der Waals surface area contributed by atoms with Gasteiger partial charge in [-0.05, 0) is 47.7 Å². The lowest BCUT2D eigenvalue weighted by molar-refractivity contribution is 0.0947. The van der Waals surface area contributed by atoms with Crippen LogP contribution in [0.4, 0.5) is 0 Å². The van der Waals surface area contributed by atoms with Gasteiger partial charge >= 0.3 is 0 Å². The number of nitrogens with one attached hydrogen (secondary N) is 1. The van der Waals surface area contributed by atoms with Crippen molar-refractivity contribution in [1.82, 2.24) is 10.5 Å². The van der Waals surface area contributed by atoms with Gasteiger partial charge in [-0.1, -0.05) is 11.2 Å².